The van der Waals surface area contributed by atoms with Crippen molar-refractivity contribution in [2.24, 2.45) is 0 Å². The SMILES string of the molecule is O[B]OB(OB(c1c(O)cccc1F)c1c(O)cccc1F)c1c(O)cccc1F. The van der Waals surface area contributed by atoms with Crippen LogP contribution < -0.4 is 16.4 Å². The first-order chi connectivity index (χ1) is 14.3. The van der Waals surface area contributed by atoms with Gasteiger partial charge in [-0.05, 0) is 36.4 Å². The smallest absolute Gasteiger partial charge is 0.471 e. The van der Waals surface area contributed by atoms with Gasteiger partial charge in [0.2, 0.25) is 0 Å². The zero-order valence-corrected chi connectivity index (χ0v) is 15.2. The lowest BCUT2D eigenvalue weighted by Gasteiger charge is -2.23. The lowest BCUT2D eigenvalue weighted by Crippen LogP contribution is -2.55. The first-order valence-electron chi connectivity index (χ1n) is 8.54. The van der Waals surface area contributed by atoms with Crippen LogP contribution in [0.1, 0.15) is 0 Å². The Hall–Kier alpha value is -3.08. The van der Waals surface area contributed by atoms with E-state index in [1.54, 1.807) is 0 Å². The van der Waals surface area contributed by atoms with Crippen LogP contribution in [0.5, 0.6) is 17.2 Å². The van der Waals surface area contributed by atoms with Gasteiger partial charge in [0.1, 0.15) is 34.7 Å². The van der Waals surface area contributed by atoms with Crippen LogP contribution >= 0.6 is 0 Å². The predicted molar refractivity (Wildman–Crippen MR) is 105 cm³/mol. The maximum absolute atomic E-state index is 14.6. The normalized spacial score (nSPS) is 10.7. The molecule has 0 atom stereocenters. The van der Waals surface area contributed by atoms with E-state index in [0.29, 0.717) is 0 Å². The number of phenols is 3. The Labute approximate surface area is 170 Å². The number of aromatic hydroxyl groups is 3. The molecule has 0 heterocycles. The second kappa shape index (κ2) is 9.16. The van der Waals surface area contributed by atoms with Gasteiger partial charge >= 0.3 is 21.7 Å². The van der Waals surface area contributed by atoms with Crippen LogP contribution in [0.2, 0.25) is 0 Å². The van der Waals surface area contributed by atoms with Gasteiger partial charge in [0.15, 0.2) is 0 Å². The average Bonchev–Trinajstić information content (AvgIpc) is 2.67. The predicted octanol–water partition coefficient (Wildman–Crippen LogP) is 0.281. The molecule has 12 heteroatoms. The summed E-state index contributed by atoms with van der Waals surface area (Å²) in [6.07, 6.45) is 0. The van der Waals surface area contributed by atoms with Crippen LogP contribution in [0.25, 0.3) is 0 Å². The van der Waals surface area contributed by atoms with Crippen LogP contribution in [0.4, 0.5) is 13.2 Å². The Balaban J connectivity index is 2.19. The second-order valence-corrected chi connectivity index (χ2v) is 6.11. The summed E-state index contributed by atoms with van der Waals surface area (Å²) in [5.74, 6) is -4.97. The Morgan fingerprint density at radius 3 is 1.43 bits per heavy atom. The van der Waals surface area contributed by atoms with Gasteiger partial charge in [0.25, 0.3) is 0 Å². The molecule has 3 aromatic carbocycles. The third-order valence-corrected chi connectivity index (χ3v) is 4.29. The summed E-state index contributed by atoms with van der Waals surface area (Å²) in [6.45, 7) is -1.86. The minimum atomic E-state index is -1.92. The minimum Gasteiger partial charge on any atom is -0.508 e. The standard InChI is InChI=1S/C18H13B3F3O6/c22-10-4-1-7-13(25)16(10)20(17-11(23)5-2-8-14(17)26)30-21(29-19-28)18-12(24)6-3-9-15(18)27/h1-9,25-28H. The summed E-state index contributed by atoms with van der Waals surface area (Å²) in [4.78, 5) is 0. The van der Waals surface area contributed by atoms with E-state index in [1.165, 1.54) is 18.2 Å². The van der Waals surface area contributed by atoms with Crippen molar-refractivity contribution in [2.75, 3.05) is 0 Å². The highest BCUT2D eigenvalue weighted by Gasteiger charge is 2.39. The molecular weight excluding hydrogens is 402 g/mol. The van der Waals surface area contributed by atoms with Gasteiger partial charge in [0.05, 0.1) is 5.46 Å². The summed E-state index contributed by atoms with van der Waals surface area (Å²) >= 11 is 0. The van der Waals surface area contributed by atoms with Crippen LogP contribution in [0, 0.1) is 17.5 Å². The summed E-state index contributed by atoms with van der Waals surface area (Å²) in [5.41, 5.74) is -1.75. The van der Waals surface area contributed by atoms with Gasteiger partial charge in [-0.1, -0.05) is 18.2 Å². The van der Waals surface area contributed by atoms with Crippen molar-refractivity contribution in [3.63, 3.8) is 0 Å². The molecule has 0 aliphatic rings. The van der Waals surface area contributed by atoms with E-state index in [-0.39, 0.29) is 7.69 Å². The maximum atomic E-state index is 14.6. The fraction of sp³-hybridized carbons (Fsp3) is 0. The van der Waals surface area contributed by atoms with Crippen molar-refractivity contribution in [3.8, 4) is 17.2 Å². The van der Waals surface area contributed by atoms with E-state index in [4.69, 9.17) is 14.2 Å². The minimum absolute atomic E-state index is 0.135. The van der Waals surface area contributed by atoms with Gasteiger partial charge in [-0.2, -0.15) is 0 Å². The fourth-order valence-corrected chi connectivity index (χ4v) is 2.96. The molecule has 4 N–H and O–H groups in total. The monoisotopic (exact) mass is 415 g/mol. The Morgan fingerprint density at radius 2 is 1.07 bits per heavy atom. The highest BCUT2D eigenvalue weighted by Crippen LogP contribution is 2.18. The number of benzene rings is 3. The highest BCUT2D eigenvalue weighted by atomic mass is 19.1. The number of hydrogen-bond acceptors (Lipinski definition) is 6. The molecule has 0 aromatic heterocycles. The second-order valence-electron chi connectivity index (χ2n) is 6.11. The highest BCUT2D eigenvalue weighted by molar-refractivity contribution is 6.87. The summed E-state index contributed by atoms with van der Waals surface area (Å²) < 4.78 is 53.8. The Kier molecular flexibility index (Phi) is 6.61. The quantitative estimate of drug-likeness (QED) is 0.415. The van der Waals surface area contributed by atoms with Crippen LogP contribution in [0.15, 0.2) is 54.6 Å². The van der Waals surface area contributed by atoms with Gasteiger partial charge in [-0.15, -0.1) is 0 Å². The van der Waals surface area contributed by atoms with E-state index in [1.807, 2.05) is 0 Å². The lowest BCUT2D eigenvalue weighted by molar-refractivity contribution is 0.398. The lowest BCUT2D eigenvalue weighted by atomic mass is 9.52. The number of hydrogen-bond donors (Lipinski definition) is 4. The summed E-state index contributed by atoms with van der Waals surface area (Å²) in [5, 5.41) is 39.5. The van der Waals surface area contributed by atoms with E-state index in [9.17, 15) is 28.5 Å². The molecule has 0 unspecified atom stereocenters. The Morgan fingerprint density at radius 1 is 0.667 bits per heavy atom. The molecule has 0 spiro atoms. The zero-order valence-electron chi connectivity index (χ0n) is 15.2. The van der Waals surface area contributed by atoms with Crippen LogP contribution in [-0.4, -0.2) is 42.1 Å². The average molecular weight is 415 g/mol. The van der Waals surface area contributed by atoms with Crippen molar-refractivity contribution >= 4 is 38.1 Å². The fourth-order valence-electron chi connectivity index (χ4n) is 2.96. The largest absolute Gasteiger partial charge is 0.508 e. The van der Waals surface area contributed by atoms with Crippen molar-refractivity contribution in [1.29, 1.82) is 0 Å². The molecule has 0 saturated heterocycles. The first-order valence-corrected chi connectivity index (χ1v) is 8.54. The molecule has 0 fully saturated rings. The molecule has 3 rings (SSSR count). The third kappa shape index (κ3) is 4.25. The van der Waals surface area contributed by atoms with E-state index < -0.39 is 65.1 Å². The molecule has 6 nitrogen and oxygen atoms in total. The summed E-state index contributed by atoms with van der Waals surface area (Å²) in [7, 11) is -1.78. The Bertz CT molecular complexity index is 943. The molecule has 151 valence electrons. The number of phenolic OH excluding ortho intramolecular Hbond substituents is 3. The van der Waals surface area contributed by atoms with Crippen LogP contribution in [0.3, 0.4) is 0 Å². The van der Waals surface area contributed by atoms with E-state index >= 15 is 0 Å². The topological polar surface area (TPSA) is 99.4 Å². The molecule has 30 heavy (non-hydrogen) atoms. The van der Waals surface area contributed by atoms with Crippen molar-refractivity contribution < 1.29 is 42.7 Å². The molecule has 0 aliphatic heterocycles. The summed E-state index contributed by atoms with van der Waals surface area (Å²) in [6, 6.07) is 9.73. The van der Waals surface area contributed by atoms with Crippen molar-refractivity contribution in [3.05, 3.63) is 72.0 Å². The molecule has 3 aromatic rings. The molecule has 0 amide bonds. The molecule has 1 radical (unpaired) electrons. The van der Waals surface area contributed by atoms with E-state index in [0.717, 1.165) is 36.4 Å². The first kappa shape index (κ1) is 21.6. The molecule has 0 aliphatic carbocycles. The molecule has 0 saturated carbocycles. The van der Waals surface area contributed by atoms with Crippen LogP contribution in [-0.2, 0) is 9.14 Å². The molecular formula is C18H13B3F3O6. The zero-order chi connectivity index (χ0) is 21.8. The third-order valence-electron chi connectivity index (χ3n) is 4.29. The number of halogens is 3. The van der Waals surface area contributed by atoms with Gasteiger partial charge < -0.3 is 29.5 Å². The van der Waals surface area contributed by atoms with Gasteiger partial charge in [-0.3, -0.25) is 0 Å². The maximum Gasteiger partial charge on any atom is 0.471 e. The number of rotatable bonds is 7. The van der Waals surface area contributed by atoms with Gasteiger partial charge in [-0.25, -0.2) is 13.2 Å². The molecule has 0 bridgehead atoms. The van der Waals surface area contributed by atoms with E-state index in [2.05, 4.69) is 0 Å². The van der Waals surface area contributed by atoms with Gasteiger partial charge in [0, 0.05) is 10.9 Å². The van der Waals surface area contributed by atoms with Crippen molar-refractivity contribution in [2.45, 2.75) is 0 Å². The van der Waals surface area contributed by atoms with Crippen molar-refractivity contribution in [1.82, 2.24) is 0 Å².